The van der Waals surface area contributed by atoms with E-state index in [1.54, 1.807) is 0 Å². The highest BCUT2D eigenvalue weighted by atomic mass is 35.5. The Morgan fingerprint density at radius 2 is 1.12 bits per heavy atom. The van der Waals surface area contributed by atoms with Crippen LogP contribution < -0.4 is 5.73 Å². The van der Waals surface area contributed by atoms with Crippen LogP contribution in [0.25, 0.3) is 0 Å². The third-order valence-electron chi connectivity index (χ3n) is 2.79. The molecule has 16 heteroatoms. The van der Waals surface area contributed by atoms with Crippen LogP contribution in [0.5, 0.6) is 0 Å². The zero-order valence-corrected chi connectivity index (χ0v) is 11.9. The molecule has 150 valence electrons. The van der Waals surface area contributed by atoms with Crippen molar-refractivity contribution in [2.75, 3.05) is 0 Å². The van der Waals surface area contributed by atoms with Crippen molar-refractivity contribution in [3.63, 3.8) is 0 Å². The van der Waals surface area contributed by atoms with E-state index in [0.717, 1.165) is 0 Å². The van der Waals surface area contributed by atoms with E-state index in [4.69, 9.17) is 5.11 Å². The van der Waals surface area contributed by atoms with Crippen LogP contribution in [0.1, 0.15) is 6.42 Å². The molecule has 3 nitrogen and oxygen atoms in total. The molecular weight excluding hydrogens is 418 g/mol. The number of aliphatic carboxylic acids is 1. The van der Waals surface area contributed by atoms with Gasteiger partial charge in [-0.2, -0.15) is 52.7 Å². The van der Waals surface area contributed by atoms with E-state index in [1.807, 2.05) is 0 Å². The molecule has 0 rings (SSSR count). The maximum atomic E-state index is 13.2. The molecule has 0 aliphatic carbocycles. The van der Waals surface area contributed by atoms with Gasteiger partial charge in [0, 0.05) is 6.42 Å². The summed E-state index contributed by atoms with van der Waals surface area (Å²) in [6, 6.07) is -3.00. The van der Waals surface area contributed by atoms with Crippen molar-refractivity contribution in [1.29, 1.82) is 0 Å². The molecule has 0 aromatic carbocycles. The van der Waals surface area contributed by atoms with Gasteiger partial charge in [-0.25, -0.2) is 0 Å². The third kappa shape index (κ3) is 3.57. The first kappa shape index (κ1) is 23.9. The van der Waals surface area contributed by atoms with E-state index in [2.05, 4.69) is 17.3 Å². The minimum Gasteiger partial charge on any atom is -0.480 e. The normalized spacial score (nSPS) is 16.7. The summed E-state index contributed by atoms with van der Waals surface area (Å²) in [6.45, 7) is 0. The monoisotopic (exact) mass is 423 g/mol. The predicted octanol–water partition coefficient (Wildman–Crippen LogP) is 3.80. The van der Waals surface area contributed by atoms with Crippen LogP contribution >= 0.6 is 11.6 Å². The quantitative estimate of drug-likeness (QED) is 0.461. The van der Waals surface area contributed by atoms with Gasteiger partial charge in [0.1, 0.15) is 6.04 Å². The Morgan fingerprint density at radius 1 is 0.800 bits per heavy atom. The number of alkyl halides is 13. The van der Waals surface area contributed by atoms with E-state index in [9.17, 15) is 57.5 Å². The summed E-state index contributed by atoms with van der Waals surface area (Å²) in [5, 5.41) is 1.61. The largest absolute Gasteiger partial charge is 0.480 e. The Hall–Kier alpha value is -1.12. The van der Waals surface area contributed by atoms with Crippen molar-refractivity contribution in [2.24, 2.45) is 5.73 Å². The molecule has 0 aromatic heterocycles. The number of carbonyl (C=O) groups is 1. The van der Waals surface area contributed by atoms with Crippen LogP contribution in [-0.2, 0) is 4.79 Å². The molecule has 0 fully saturated rings. The summed E-state index contributed by atoms with van der Waals surface area (Å²) in [7, 11) is 0. The van der Waals surface area contributed by atoms with Crippen LogP contribution in [-0.4, -0.2) is 52.1 Å². The molecule has 0 saturated carbocycles. The van der Waals surface area contributed by atoms with Crippen molar-refractivity contribution in [2.45, 2.75) is 47.5 Å². The van der Waals surface area contributed by atoms with E-state index >= 15 is 0 Å². The van der Waals surface area contributed by atoms with Gasteiger partial charge in [0.05, 0.1) is 0 Å². The first-order valence-corrected chi connectivity index (χ1v) is 5.90. The second-order valence-corrected chi connectivity index (χ2v) is 5.12. The van der Waals surface area contributed by atoms with E-state index in [1.165, 1.54) is 0 Å². The predicted molar refractivity (Wildman–Crippen MR) is 55.8 cm³/mol. The second-order valence-electron chi connectivity index (χ2n) is 4.65. The van der Waals surface area contributed by atoms with Gasteiger partial charge in [-0.1, -0.05) is 0 Å². The maximum absolute atomic E-state index is 13.2. The summed E-state index contributed by atoms with van der Waals surface area (Å²) < 4.78 is 155. The zero-order chi connectivity index (χ0) is 20.9. The molecule has 1 unspecified atom stereocenters. The summed E-state index contributed by atoms with van der Waals surface area (Å²) >= 11 is 3.48. The Labute approximate surface area is 134 Å². The van der Waals surface area contributed by atoms with Gasteiger partial charge < -0.3 is 10.8 Å². The first-order chi connectivity index (χ1) is 10.6. The molecule has 0 spiro atoms. The molecule has 25 heavy (non-hydrogen) atoms. The van der Waals surface area contributed by atoms with E-state index in [-0.39, 0.29) is 0 Å². The lowest BCUT2D eigenvalue weighted by Crippen LogP contribution is -2.70. The summed E-state index contributed by atoms with van der Waals surface area (Å²) in [6.07, 6.45) is -2.90. The Kier molecular flexibility index (Phi) is 5.97. The standard InChI is InChI=1S/C9H6ClF12NO2/c10-9(21,22)8(19,20)7(17,18)6(15,16)5(13,14)4(11,12)1-2(23)3(24)25/h2H,1,23H2,(H,24,25). The minimum atomic E-state index is -7.79. The van der Waals surface area contributed by atoms with Crippen LogP contribution in [0.3, 0.4) is 0 Å². The lowest BCUT2D eigenvalue weighted by molar-refractivity contribution is -0.417. The van der Waals surface area contributed by atoms with Gasteiger partial charge in [0.25, 0.3) is 0 Å². The maximum Gasteiger partial charge on any atom is 0.393 e. The van der Waals surface area contributed by atoms with Gasteiger partial charge in [-0.3, -0.25) is 4.79 Å². The molecule has 0 bridgehead atoms. The van der Waals surface area contributed by atoms with Crippen LogP contribution in [0.4, 0.5) is 52.7 Å². The minimum absolute atomic E-state index is 2.46. The summed E-state index contributed by atoms with van der Waals surface area (Å²) in [4.78, 5) is 10.2. The summed E-state index contributed by atoms with van der Waals surface area (Å²) in [5.74, 6) is -39.2. The summed E-state index contributed by atoms with van der Waals surface area (Å²) in [5.41, 5.74) is 4.37. The molecule has 1 atom stereocenters. The first-order valence-electron chi connectivity index (χ1n) is 5.52. The molecule has 0 aliphatic heterocycles. The van der Waals surface area contributed by atoms with Gasteiger partial charge in [0.2, 0.25) is 0 Å². The highest BCUT2D eigenvalue weighted by Crippen LogP contribution is 2.61. The van der Waals surface area contributed by atoms with Crippen molar-refractivity contribution in [3.8, 4) is 0 Å². The Bertz CT molecular complexity index is 517. The number of rotatable bonds is 8. The van der Waals surface area contributed by atoms with Crippen molar-refractivity contribution in [1.82, 2.24) is 0 Å². The van der Waals surface area contributed by atoms with Crippen LogP contribution in [0.15, 0.2) is 0 Å². The van der Waals surface area contributed by atoms with Gasteiger partial charge in [0.15, 0.2) is 0 Å². The van der Waals surface area contributed by atoms with Crippen LogP contribution in [0, 0.1) is 0 Å². The zero-order valence-electron chi connectivity index (χ0n) is 11.1. The lowest BCUT2D eigenvalue weighted by Gasteiger charge is -2.40. The number of carboxylic acids is 1. The molecular formula is C9H6ClF12NO2. The lowest BCUT2D eigenvalue weighted by atomic mass is 9.91. The Balaban J connectivity index is 6.16. The SMILES string of the molecule is NC(CC(F)(F)C(F)(F)C(F)(F)C(F)(F)C(F)(F)C(F)(F)Cl)C(=O)O. The number of hydrogen-bond donors (Lipinski definition) is 2. The van der Waals surface area contributed by atoms with Crippen molar-refractivity contribution < 1.29 is 62.6 Å². The third-order valence-corrected chi connectivity index (χ3v) is 3.03. The number of nitrogens with two attached hydrogens (primary N) is 1. The van der Waals surface area contributed by atoms with Crippen molar-refractivity contribution in [3.05, 3.63) is 0 Å². The molecule has 0 aliphatic rings. The highest BCUT2D eigenvalue weighted by Gasteiger charge is 2.89. The number of hydrogen-bond acceptors (Lipinski definition) is 2. The molecule has 0 saturated heterocycles. The van der Waals surface area contributed by atoms with Gasteiger partial charge >= 0.3 is 41.0 Å². The van der Waals surface area contributed by atoms with Gasteiger partial charge in [-0.05, 0) is 11.6 Å². The molecule has 3 N–H and O–H groups in total. The smallest absolute Gasteiger partial charge is 0.393 e. The number of halogens is 13. The van der Waals surface area contributed by atoms with Crippen LogP contribution in [0.2, 0.25) is 0 Å². The second kappa shape index (κ2) is 6.25. The van der Waals surface area contributed by atoms with Crippen molar-refractivity contribution >= 4 is 17.6 Å². The van der Waals surface area contributed by atoms with E-state index in [0.29, 0.717) is 0 Å². The fourth-order valence-electron chi connectivity index (χ4n) is 1.29. The van der Waals surface area contributed by atoms with Gasteiger partial charge in [-0.15, -0.1) is 0 Å². The fraction of sp³-hybridized carbons (Fsp3) is 0.889. The molecule has 0 radical (unpaired) electrons. The average molecular weight is 424 g/mol. The molecule has 0 heterocycles. The fourth-order valence-corrected chi connectivity index (χ4v) is 1.41. The number of carboxylic acid groups (broad SMARTS) is 1. The Morgan fingerprint density at radius 3 is 1.40 bits per heavy atom. The highest BCUT2D eigenvalue weighted by molar-refractivity contribution is 6.22. The van der Waals surface area contributed by atoms with E-state index < -0.39 is 53.4 Å². The molecule has 0 aromatic rings. The topological polar surface area (TPSA) is 63.3 Å². The molecule has 0 amide bonds. The average Bonchev–Trinajstić information content (AvgIpc) is 2.35.